The van der Waals surface area contributed by atoms with Gasteiger partial charge in [-0.05, 0) is 25.7 Å². The average Bonchev–Trinajstić information content (AvgIpc) is 2.66. The zero-order valence-corrected chi connectivity index (χ0v) is 15.5. The van der Waals surface area contributed by atoms with E-state index in [1.165, 1.54) is 11.1 Å². The Kier molecular flexibility index (Phi) is 5.98. The van der Waals surface area contributed by atoms with Crippen molar-refractivity contribution in [3.63, 3.8) is 0 Å². The highest BCUT2D eigenvalue weighted by atomic mass is 16.7. The first-order valence-corrected chi connectivity index (χ1v) is 9.31. The molecule has 3 rings (SSSR count). The molecule has 1 atom stereocenters. The van der Waals surface area contributed by atoms with Gasteiger partial charge in [-0.3, -0.25) is 0 Å². The van der Waals surface area contributed by atoms with E-state index in [4.69, 9.17) is 14.2 Å². The van der Waals surface area contributed by atoms with Crippen LogP contribution in [0.2, 0.25) is 0 Å². The second-order valence-electron chi connectivity index (χ2n) is 6.62. The van der Waals surface area contributed by atoms with Crippen molar-refractivity contribution in [1.82, 2.24) is 0 Å². The normalized spacial score (nSPS) is 14.4. The van der Waals surface area contributed by atoms with Crippen molar-refractivity contribution < 1.29 is 14.2 Å². The average molecular weight is 340 g/mol. The number of hydrogen-bond acceptors (Lipinski definition) is 3. The molecular formula is C22H28O3. The maximum absolute atomic E-state index is 6.33. The van der Waals surface area contributed by atoms with Gasteiger partial charge in [-0.25, -0.2) is 0 Å². The molecule has 1 aliphatic carbocycles. The number of fused-ring (bicyclic) bond motifs is 2. The van der Waals surface area contributed by atoms with Crippen LogP contribution in [0.4, 0.5) is 0 Å². The molecule has 0 fully saturated rings. The molecule has 0 saturated carbocycles. The minimum Gasteiger partial charge on any atom is -0.492 e. The molecule has 25 heavy (non-hydrogen) atoms. The van der Waals surface area contributed by atoms with E-state index in [9.17, 15) is 0 Å². The van der Waals surface area contributed by atoms with Crippen LogP contribution >= 0.6 is 0 Å². The molecule has 0 aromatic heterocycles. The molecule has 0 spiro atoms. The Morgan fingerprint density at radius 1 is 0.920 bits per heavy atom. The fourth-order valence-electron chi connectivity index (χ4n) is 3.17. The lowest BCUT2D eigenvalue weighted by atomic mass is 9.90. The van der Waals surface area contributed by atoms with E-state index < -0.39 is 0 Å². The number of hydrogen-bond donors (Lipinski definition) is 0. The van der Waals surface area contributed by atoms with Crippen LogP contribution in [0.15, 0.2) is 36.4 Å². The SMILES string of the molecule is CCOCOc1c2c(c(OCC(C)CC)c3ccccc13)CC=CC2. The first kappa shape index (κ1) is 17.8. The van der Waals surface area contributed by atoms with Gasteiger partial charge < -0.3 is 14.2 Å². The second kappa shape index (κ2) is 8.39. The third kappa shape index (κ3) is 3.82. The Morgan fingerprint density at radius 3 is 2.08 bits per heavy atom. The number of ether oxygens (including phenoxy) is 3. The number of rotatable bonds is 8. The van der Waals surface area contributed by atoms with Crippen LogP contribution in [0.3, 0.4) is 0 Å². The molecular weight excluding hydrogens is 312 g/mol. The first-order valence-electron chi connectivity index (χ1n) is 9.31. The van der Waals surface area contributed by atoms with E-state index in [1.807, 2.05) is 6.92 Å². The van der Waals surface area contributed by atoms with Crippen LogP contribution in [-0.2, 0) is 17.6 Å². The van der Waals surface area contributed by atoms with Gasteiger partial charge in [0, 0.05) is 28.5 Å². The summed E-state index contributed by atoms with van der Waals surface area (Å²) >= 11 is 0. The van der Waals surface area contributed by atoms with E-state index in [0.717, 1.165) is 48.1 Å². The molecule has 1 unspecified atom stereocenters. The van der Waals surface area contributed by atoms with E-state index in [2.05, 4.69) is 50.3 Å². The van der Waals surface area contributed by atoms with Gasteiger partial charge in [0.25, 0.3) is 0 Å². The maximum Gasteiger partial charge on any atom is 0.189 e. The van der Waals surface area contributed by atoms with Crippen LogP contribution in [0, 0.1) is 5.92 Å². The fraction of sp³-hybridized carbons (Fsp3) is 0.455. The van der Waals surface area contributed by atoms with Crippen molar-refractivity contribution in [3.8, 4) is 11.5 Å². The lowest BCUT2D eigenvalue weighted by Gasteiger charge is -2.24. The molecule has 0 saturated heterocycles. The topological polar surface area (TPSA) is 27.7 Å². The van der Waals surface area contributed by atoms with Crippen LogP contribution in [0.25, 0.3) is 10.8 Å². The van der Waals surface area contributed by atoms with Crippen LogP contribution in [0.5, 0.6) is 11.5 Å². The molecule has 0 amide bonds. The van der Waals surface area contributed by atoms with Gasteiger partial charge in [0.15, 0.2) is 6.79 Å². The highest BCUT2D eigenvalue weighted by molar-refractivity contribution is 5.96. The highest BCUT2D eigenvalue weighted by Crippen LogP contribution is 2.43. The van der Waals surface area contributed by atoms with Gasteiger partial charge in [0.05, 0.1) is 6.61 Å². The standard InChI is InChI=1S/C22H28O3/c1-4-16(3)14-24-21-17-10-6-8-12-19(17)22(25-15-23-5-2)20-13-9-7-11-18(20)21/h6-10,12,16H,4-5,11,13-15H2,1-3H3. The molecule has 0 bridgehead atoms. The first-order chi connectivity index (χ1) is 12.3. The molecule has 3 nitrogen and oxygen atoms in total. The summed E-state index contributed by atoms with van der Waals surface area (Å²) in [6.07, 6.45) is 7.32. The number of allylic oxidation sites excluding steroid dienone is 2. The third-order valence-electron chi connectivity index (χ3n) is 4.84. The van der Waals surface area contributed by atoms with Crippen LogP contribution < -0.4 is 9.47 Å². The van der Waals surface area contributed by atoms with Gasteiger partial charge in [-0.15, -0.1) is 0 Å². The lowest BCUT2D eigenvalue weighted by molar-refractivity contribution is 0.0228. The largest absolute Gasteiger partial charge is 0.492 e. The molecule has 2 aromatic carbocycles. The molecule has 0 heterocycles. The Morgan fingerprint density at radius 2 is 1.52 bits per heavy atom. The molecule has 2 aromatic rings. The summed E-state index contributed by atoms with van der Waals surface area (Å²) in [7, 11) is 0. The molecule has 0 radical (unpaired) electrons. The van der Waals surface area contributed by atoms with Gasteiger partial charge >= 0.3 is 0 Å². The predicted octanol–water partition coefficient (Wildman–Crippen LogP) is 5.29. The second-order valence-corrected chi connectivity index (χ2v) is 6.62. The maximum atomic E-state index is 6.33. The fourth-order valence-corrected chi connectivity index (χ4v) is 3.17. The lowest BCUT2D eigenvalue weighted by Crippen LogP contribution is -2.13. The Balaban J connectivity index is 2.08. The monoisotopic (exact) mass is 340 g/mol. The minimum absolute atomic E-state index is 0.281. The highest BCUT2D eigenvalue weighted by Gasteiger charge is 2.22. The van der Waals surface area contributed by atoms with Crippen LogP contribution in [-0.4, -0.2) is 20.0 Å². The van der Waals surface area contributed by atoms with Gasteiger partial charge in [0.1, 0.15) is 11.5 Å². The summed E-state index contributed by atoms with van der Waals surface area (Å²) in [6.45, 7) is 8.09. The predicted molar refractivity (Wildman–Crippen MR) is 103 cm³/mol. The van der Waals surface area contributed by atoms with Crippen LogP contribution in [0.1, 0.15) is 38.3 Å². The van der Waals surface area contributed by atoms with Crippen molar-refractivity contribution in [3.05, 3.63) is 47.5 Å². The summed E-state index contributed by atoms with van der Waals surface area (Å²) in [5, 5.41) is 2.24. The smallest absolute Gasteiger partial charge is 0.189 e. The summed E-state index contributed by atoms with van der Waals surface area (Å²) in [6, 6.07) is 8.37. The zero-order valence-electron chi connectivity index (χ0n) is 15.5. The van der Waals surface area contributed by atoms with Crippen molar-refractivity contribution >= 4 is 10.8 Å². The summed E-state index contributed by atoms with van der Waals surface area (Å²) in [5.74, 6) is 2.51. The van der Waals surface area contributed by atoms with Gasteiger partial charge in [-0.2, -0.15) is 0 Å². The van der Waals surface area contributed by atoms with E-state index in [1.54, 1.807) is 0 Å². The van der Waals surface area contributed by atoms with Crippen molar-refractivity contribution in [1.29, 1.82) is 0 Å². The van der Waals surface area contributed by atoms with Crippen molar-refractivity contribution in [2.75, 3.05) is 20.0 Å². The summed E-state index contributed by atoms with van der Waals surface area (Å²) in [4.78, 5) is 0. The minimum atomic E-state index is 0.281. The quantitative estimate of drug-likeness (QED) is 0.371. The van der Waals surface area contributed by atoms with Gasteiger partial charge in [0.2, 0.25) is 0 Å². The Labute approximate surface area is 150 Å². The molecule has 134 valence electrons. The van der Waals surface area contributed by atoms with Crippen molar-refractivity contribution in [2.45, 2.75) is 40.0 Å². The van der Waals surface area contributed by atoms with E-state index >= 15 is 0 Å². The van der Waals surface area contributed by atoms with Crippen molar-refractivity contribution in [2.24, 2.45) is 5.92 Å². The van der Waals surface area contributed by atoms with E-state index in [0.29, 0.717) is 12.5 Å². The molecule has 0 aliphatic heterocycles. The zero-order chi connectivity index (χ0) is 17.6. The summed E-state index contributed by atoms with van der Waals surface area (Å²) < 4.78 is 17.8. The molecule has 0 N–H and O–H groups in total. The van der Waals surface area contributed by atoms with E-state index in [-0.39, 0.29) is 6.79 Å². The van der Waals surface area contributed by atoms with Gasteiger partial charge in [-0.1, -0.05) is 56.7 Å². The molecule has 1 aliphatic rings. The summed E-state index contributed by atoms with van der Waals surface area (Å²) in [5.41, 5.74) is 2.50. The third-order valence-corrected chi connectivity index (χ3v) is 4.84. The number of benzene rings is 2. The molecule has 3 heteroatoms. The Bertz CT molecular complexity index is 749. The Hall–Kier alpha value is -2.00.